The van der Waals surface area contributed by atoms with Crippen LogP contribution in [0.25, 0.3) is 0 Å². The summed E-state index contributed by atoms with van der Waals surface area (Å²) in [5.74, 6) is 0.673. The molecule has 0 aliphatic rings. The summed E-state index contributed by atoms with van der Waals surface area (Å²) in [6.07, 6.45) is 1.91. The molecule has 0 spiro atoms. The van der Waals surface area contributed by atoms with Crippen LogP contribution in [0.1, 0.15) is 13.8 Å². The highest BCUT2D eigenvalue weighted by molar-refractivity contribution is 4.78. The van der Waals surface area contributed by atoms with E-state index in [9.17, 15) is 0 Å². The van der Waals surface area contributed by atoms with E-state index in [-0.39, 0.29) is 0 Å². The van der Waals surface area contributed by atoms with E-state index in [1.165, 1.54) is 0 Å². The van der Waals surface area contributed by atoms with Crippen molar-refractivity contribution in [2.45, 2.75) is 19.9 Å². The Bertz CT molecular complexity index is 119. The number of nitrogens with one attached hydrogen (secondary N) is 1. The van der Waals surface area contributed by atoms with Crippen LogP contribution in [-0.4, -0.2) is 38.1 Å². The highest BCUT2D eigenvalue weighted by Crippen LogP contribution is 2.01. The molecule has 0 saturated heterocycles. The molecule has 0 aliphatic carbocycles. The van der Waals surface area contributed by atoms with Gasteiger partial charge in [0.25, 0.3) is 0 Å². The summed E-state index contributed by atoms with van der Waals surface area (Å²) in [5.41, 5.74) is 0. The Morgan fingerprint density at radius 3 is 2.33 bits per heavy atom. The van der Waals surface area contributed by atoms with Crippen molar-refractivity contribution in [1.82, 2.24) is 10.2 Å². The van der Waals surface area contributed by atoms with E-state index in [1.807, 2.05) is 6.08 Å². The molecule has 0 aromatic heterocycles. The molecule has 0 bridgehead atoms. The summed E-state index contributed by atoms with van der Waals surface area (Å²) in [6, 6.07) is 0.568. The summed E-state index contributed by atoms with van der Waals surface area (Å²) >= 11 is 0. The first kappa shape index (κ1) is 11.7. The Morgan fingerprint density at radius 1 is 1.42 bits per heavy atom. The van der Waals surface area contributed by atoms with Gasteiger partial charge in [-0.25, -0.2) is 0 Å². The van der Waals surface area contributed by atoms with Gasteiger partial charge in [-0.15, -0.1) is 6.58 Å². The minimum Gasteiger partial charge on any atom is -0.309 e. The number of hydrogen-bond donors (Lipinski definition) is 1. The van der Waals surface area contributed by atoms with Gasteiger partial charge in [0.05, 0.1) is 0 Å². The highest BCUT2D eigenvalue weighted by Gasteiger charge is 2.11. The Hall–Kier alpha value is -0.340. The molecule has 0 aromatic carbocycles. The molecule has 0 amide bonds. The Morgan fingerprint density at radius 2 is 2.00 bits per heavy atom. The van der Waals surface area contributed by atoms with Gasteiger partial charge < -0.3 is 10.2 Å². The van der Waals surface area contributed by atoms with Crippen LogP contribution in [0.2, 0.25) is 0 Å². The molecule has 12 heavy (non-hydrogen) atoms. The monoisotopic (exact) mass is 170 g/mol. The zero-order chi connectivity index (χ0) is 9.56. The maximum atomic E-state index is 3.70. The molecule has 0 rings (SSSR count). The quantitative estimate of drug-likeness (QED) is 0.605. The van der Waals surface area contributed by atoms with Crippen molar-refractivity contribution in [2.24, 2.45) is 5.92 Å². The van der Waals surface area contributed by atoms with E-state index >= 15 is 0 Å². The standard InChI is InChI=1S/C10H22N2/c1-6-7-11-10(9(2)3)8-12(4)5/h6,9-11H,1,7-8H2,2-5H3. The fourth-order valence-corrected chi connectivity index (χ4v) is 1.14. The van der Waals surface area contributed by atoms with E-state index in [0.717, 1.165) is 13.1 Å². The van der Waals surface area contributed by atoms with Crippen LogP contribution in [0.4, 0.5) is 0 Å². The second-order valence-electron chi connectivity index (χ2n) is 3.81. The number of rotatable bonds is 6. The Labute approximate surface area is 76.6 Å². The maximum absolute atomic E-state index is 3.70. The largest absolute Gasteiger partial charge is 0.309 e. The minimum atomic E-state index is 0.568. The normalized spacial score (nSPS) is 13.8. The smallest absolute Gasteiger partial charge is 0.0220 e. The van der Waals surface area contributed by atoms with Crippen LogP contribution in [0.5, 0.6) is 0 Å². The van der Waals surface area contributed by atoms with Crippen molar-refractivity contribution in [3.8, 4) is 0 Å². The molecular weight excluding hydrogens is 148 g/mol. The molecule has 0 aromatic rings. The third-order valence-corrected chi connectivity index (χ3v) is 1.89. The van der Waals surface area contributed by atoms with Crippen LogP contribution in [0.3, 0.4) is 0 Å². The molecule has 0 fully saturated rings. The first-order valence-electron chi connectivity index (χ1n) is 4.57. The van der Waals surface area contributed by atoms with Crippen LogP contribution < -0.4 is 5.32 Å². The van der Waals surface area contributed by atoms with Crippen LogP contribution in [0, 0.1) is 5.92 Å². The second-order valence-corrected chi connectivity index (χ2v) is 3.81. The lowest BCUT2D eigenvalue weighted by atomic mass is 10.0. The molecule has 1 unspecified atom stereocenters. The average molecular weight is 170 g/mol. The Balaban J connectivity index is 3.77. The summed E-state index contributed by atoms with van der Waals surface area (Å²) < 4.78 is 0. The van der Waals surface area contributed by atoms with Gasteiger partial charge in [-0.1, -0.05) is 19.9 Å². The van der Waals surface area contributed by atoms with Gasteiger partial charge in [0, 0.05) is 19.1 Å². The zero-order valence-corrected chi connectivity index (χ0v) is 8.80. The van der Waals surface area contributed by atoms with Crippen LogP contribution in [0.15, 0.2) is 12.7 Å². The predicted molar refractivity (Wildman–Crippen MR) is 55.4 cm³/mol. The lowest BCUT2D eigenvalue weighted by molar-refractivity contribution is 0.295. The third-order valence-electron chi connectivity index (χ3n) is 1.89. The predicted octanol–water partition coefficient (Wildman–Crippen LogP) is 1.35. The molecule has 0 heterocycles. The van der Waals surface area contributed by atoms with Crippen LogP contribution in [-0.2, 0) is 0 Å². The molecule has 2 nitrogen and oxygen atoms in total. The molecule has 1 N–H and O–H groups in total. The van der Waals surface area contributed by atoms with Gasteiger partial charge in [0.15, 0.2) is 0 Å². The van der Waals surface area contributed by atoms with Gasteiger partial charge in [0.2, 0.25) is 0 Å². The van der Waals surface area contributed by atoms with Crippen molar-refractivity contribution in [3.05, 3.63) is 12.7 Å². The van der Waals surface area contributed by atoms with Gasteiger partial charge >= 0.3 is 0 Å². The van der Waals surface area contributed by atoms with Gasteiger partial charge in [0.1, 0.15) is 0 Å². The van der Waals surface area contributed by atoms with E-state index in [4.69, 9.17) is 0 Å². The molecule has 0 saturated carbocycles. The Kier molecular flexibility index (Phi) is 6.03. The van der Waals surface area contributed by atoms with E-state index < -0.39 is 0 Å². The van der Waals surface area contributed by atoms with Crippen molar-refractivity contribution in [1.29, 1.82) is 0 Å². The highest BCUT2D eigenvalue weighted by atomic mass is 15.1. The summed E-state index contributed by atoms with van der Waals surface area (Å²) in [5, 5.41) is 3.44. The van der Waals surface area contributed by atoms with Crippen molar-refractivity contribution in [3.63, 3.8) is 0 Å². The molecule has 1 atom stereocenters. The summed E-state index contributed by atoms with van der Waals surface area (Å²) in [4.78, 5) is 2.21. The van der Waals surface area contributed by atoms with Crippen molar-refractivity contribution in [2.75, 3.05) is 27.2 Å². The summed E-state index contributed by atoms with van der Waals surface area (Å²) in [6.45, 7) is 10.2. The first-order chi connectivity index (χ1) is 5.57. The van der Waals surface area contributed by atoms with Crippen molar-refractivity contribution < 1.29 is 0 Å². The van der Waals surface area contributed by atoms with E-state index in [1.54, 1.807) is 0 Å². The molecule has 0 radical (unpaired) electrons. The van der Waals surface area contributed by atoms with Crippen molar-refractivity contribution >= 4 is 0 Å². The second kappa shape index (κ2) is 6.21. The lowest BCUT2D eigenvalue weighted by Gasteiger charge is -2.25. The van der Waals surface area contributed by atoms with Crippen LogP contribution >= 0.6 is 0 Å². The molecule has 0 aliphatic heterocycles. The zero-order valence-electron chi connectivity index (χ0n) is 8.80. The fourth-order valence-electron chi connectivity index (χ4n) is 1.14. The molecular formula is C10H22N2. The van der Waals surface area contributed by atoms with Gasteiger partial charge in [-0.3, -0.25) is 0 Å². The molecule has 72 valence electrons. The van der Waals surface area contributed by atoms with E-state index in [2.05, 4.69) is 44.7 Å². The SMILES string of the molecule is C=CCNC(CN(C)C)C(C)C. The molecule has 2 heteroatoms. The van der Waals surface area contributed by atoms with Gasteiger partial charge in [-0.05, 0) is 20.0 Å². The summed E-state index contributed by atoms with van der Waals surface area (Å²) in [7, 11) is 4.20. The number of hydrogen-bond acceptors (Lipinski definition) is 2. The van der Waals surface area contributed by atoms with E-state index in [0.29, 0.717) is 12.0 Å². The third kappa shape index (κ3) is 5.33. The lowest BCUT2D eigenvalue weighted by Crippen LogP contribution is -2.41. The average Bonchev–Trinajstić information content (AvgIpc) is 1.96. The first-order valence-corrected chi connectivity index (χ1v) is 4.57. The maximum Gasteiger partial charge on any atom is 0.0220 e. The fraction of sp³-hybridized carbons (Fsp3) is 0.800. The number of likely N-dealkylation sites (N-methyl/N-ethyl adjacent to an activating group) is 1. The topological polar surface area (TPSA) is 15.3 Å². The minimum absolute atomic E-state index is 0.568. The van der Waals surface area contributed by atoms with Gasteiger partial charge in [-0.2, -0.15) is 0 Å². The number of nitrogens with zero attached hydrogens (tertiary/aromatic N) is 1.